The first-order valence-electron chi connectivity index (χ1n) is 9.59. The summed E-state index contributed by atoms with van der Waals surface area (Å²) >= 11 is 6.72. The Balaban J connectivity index is 2.22. The molecular weight excluding hydrogens is 396 g/mol. The second-order valence-electron chi connectivity index (χ2n) is 6.91. The molecule has 2 N–H and O–H groups in total. The number of rotatable bonds is 6. The number of methoxy groups -OCH3 is 1. The lowest BCUT2D eigenvalue weighted by atomic mass is 10.1. The Hall–Kier alpha value is -1.71. The van der Waals surface area contributed by atoms with Crippen molar-refractivity contribution >= 4 is 45.5 Å². The number of hydrogen-bond donors (Lipinski definition) is 2. The molecule has 1 saturated heterocycles. The molecule has 0 bridgehead atoms. The second-order valence-corrected chi connectivity index (χ2v) is 8.33. The smallest absolute Gasteiger partial charge is 0.341 e. The van der Waals surface area contributed by atoms with E-state index in [2.05, 4.69) is 22.6 Å². The minimum atomic E-state index is -0.475. The Labute approximate surface area is 176 Å². The van der Waals surface area contributed by atoms with Crippen LogP contribution in [0.3, 0.4) is 0 Å². The zero-order chi connectivity index (χ0) is 20.8. The lowest BCUT2D eigenvalue weighted by Gasteiger charge is -2.30. The number of likely N-dealkylation sites (tertiary alicyclic amines) is 1. The van der Waals surface area contributed by atoms with Crippen LogP contribution < -0.4 is 10.6 Å². The van der Waals surface area contributed by atoms with Gasteiger partial charge in [-0.1, -0.05) is 0 Å². The van der Waals surface area contributed by atoms with Gasteiger partial charge in [0.25, 0.3) is 5.91 Å². The van der Waals surface area contributed by atoms with Gasteiger partial charge < -0.3 is 25.2 Å². The number of carbonyl (C=O) groups is 2. The number of hydrogen-bond acceptors (Lipinski definition) is 6. The molecule has 1 aromatic heterocycles. The Bertz CT molecular complexity index is 723. The summed E-state index contributed by atoms with van der Waals surface area (Å²) in [7, 11) is 3.45. The third kappa shape index (κ3) is 5.21. The first-order chi connectivity index (χ1) is 13.3. The summed E-state index contributed by atoms with van der Waals surface area (Å²) in [6.45, 7) is 8.91. The molecule has 1 aliphatic rings. The Morgan fingerprint density at radius 2 is 1.89 bits per heavy atom. The summed E-state index contributed by atoms with van der Waals surface area (Å²) < 4.78 is 4.94. The van der Waals surface area contributed by atoms with Gasteiger partial charge in [0.05, 0.1) is 17.6 Å². The van der Waals surface area contributed by atoms with Crippen LogP contribution in [-0.4, -0.2) is 73.2 Å². The van der Waals surface area contributed by atoms with Crippen molar-refractivity contribution in [2.24, 2.45) is 0 Å². The van der Waals surface area contributed by atoms with Crippen LogP contribution in [0, 0.1) is 6.92 Å². The van der Waals surface area contributed by atoms with Crippen LogP contribution >= 0.6 is 23.6 Å². The molecule has 1 aliphatic heterocycles. The van der Waals surface area contributed by atoms with Gasteiger partial charge in [0, 0.05) is 19.1 Å². The van der Waals surface area contributed by atoms with Gasteiger partial charge in [-0.2, -0.15) is 0 Å². The first kappa shape index (κ1) is 22.6. The fourth-order valence-corrected chi connectivity index (χ4v) is 4.79. The molecule has 0 radical (unpaired) electrons. The summed E-state index contributed by atoms with van der Waals surface area (Å²) in [6.07, 6.45) is 2.02. The highest BCUT2D eigenvalue weighted by Crippen LogP contribution is 2.34. The topological polar surface area (TPSA) is 73.9 Å². The third-order valence-corrected chi connectivity index (χ3v) is 6.48. The maximum absolute atomic E-state index is 12.8. The normalized spacial score (nSPS) is 15.2. The van der Waals surface area contributed by atoms with Crippen molar-refractivity contribution in [1.82, 2.24) is 15.1 Å². The fourth-order valence-electron chi connectivity index (χ4n) is 3.29. The molecule has 156 valence electrons. The molecule has 0 unspecified atom stereocenters. The average Bonchev–Trinajstić information content (AvgIpc) is 2.99. The van der Waals surface area contributed by atoms with Crippen molar-refractivity contribution in [2.45, 2.75) is 39.7 Å². The van der Waals surface area contributed by atoms with E-state index in [1.807, 2.05) is 13.8 Å². The number of ether oxygens (including phenoxy) is 1. The van der Waals surface area contributed by atoms with E-state index in [4.69, 9.17) is 17.0 Å². The number of thiocarbonyl (C=S) groups is 1. The van der Waals surface area contributed by atoms with E-state index >= 15 is 0 Å². The highest BCUT2D eigenvalue weighted by Gasteiger charge is 2.28. The maximum Gasteiger partial charge on any atom is 0.341 e. The molecule has 0 spiro atoms. The summed E-state index contributed by atoms with van der Waals surface area (Å²) in [5.41, 5.74) is 0.994. The van der Waals surface area contributed by atoms with E-state index < -0.39 is 5.97 Å². The van der Waals surface area contributed by atoms with Crippen LogP contribution in [0.4, 0.5) is 5.00 Å². The van der Waals surface area contributed by atoms with Crippen molar-refractivity contribution in [3.8, 4) is 0 Å². The average molecular weight is 427 g/mol. The van der Waals surface area contributed by atoms with Gasteiger partial charge in [-0.15, -0.1) is 11.3 Å². The molecule has 7 nitrogen and oxygen atoms in total. The lowest BCUT2D eigenvalue weighted by Crippen LogP contribution is -2.44. The summed E-state index contributed by atoms with van der Waals surface area (Å²) in [5.74, 6) is -0.558. The standard InChI is InChI=1S/C19H30N4O3S2/c1-6-23(7-2)17(24)15-12(3)14(18(25)26-5)16(28-15)21-19(27)20-13-8-10-22(4)11-9-13/h13H,6-11H2,1-5H3,(H2,20,21,27). The zero-order valence-electron chi connectivity index (χ0n) is 17.3. The summed E-state index contributed by atoms with van der Waals surface area (Å²) in [4.78, 5) is 29.8. The quantitative estimate of drug-likeness (QED) is 0.535. The third-order valence-electron chi connectivity index (χ3n) is 5.06. The van der Waals surface area contributed by atoms with Gasteiger partial charge in [-0.25, -0.2) is 4.79 Å². The van der Waals surface area contributed by atoms with E-state index in [1.54, 1.807) is 11.8 Å². The molecule has 9 heteroatoms. The van der Waals surface area contributed by atoms with Gasteiger partial charge in [0.2, 0.25) is 0 Å². The molecule has 0 atom stereocenters. The monoisotopic (exact) mass is 426 g/mol. The fraction of sp³-hybridized carbons (Fsp3) is 0.632. The summed E-state index contributed by atoms with van der Waals surface area (Å²) in [6, 6.07) is 0.301. The molecule has 1 fully saturated rings. The van der Waals surface area contributed by atoms with Crippen molar-refractivity contribution in [3.05, 3.63) is 16.0 Å². The van der Waals surface area contributed by atoms with Gasteiger partial charge in [0.15, 0.2) is 5.11 Å². The van der Waals surface area contributed by atoms with Crippen LogP contribution in [0.25, 0.3) is 0 Å². The molecule has 0 saturated carbocycles. The van der Waals surface area contributed by atoms with E-state index in [-0.39, 0.29) is 5.91 Å². The van der Waals surface area contributed by atoms with E-state index in [0.717, 1.165) is 25.9 Å². The SMILES string of the molecule is CCN(CC)C(=O)c1sc(NC(=S)NC2CCN(C)CC2)c(C(=O)OC)c1C. The van der Waals surface area contributed by atoms with Gasteiger partial charge in [-0.05, 0) is 71.5 Å². The Morgan fingerprint density at radius 3 is 2.43 bits per heavy atom. The highest BCUT2D eigenvalue weighted by atomic mass is 32.1. The number of esters is 1. The Morgan fingerprint density at radius 1 is 1.29 bits per heavy atom. The zero-order valence-corrected chi connectivity index (χ0v) is 18.9. The Kier molecular flexibility index (Phi) is 8.21. The van der Waals surface area contributed by atoms with E-state index in [1.165, 1.54) is 18.4 Å². The van der Waals surface area contributed by atoms with Crippen molar-refractivity contribution in [1.29, 1.82) is 0 Å². The number of thiophene rings is 1. The molecular formula is C19H30N4O3S2. The van der Waals surface area contributed by atoms with Crippen LogP contribution in [0.2, 0.25) is 0 Å². The number of anilines is 1. The predicted octanol–water partition coefficient (Wildman–Crippen LogP) is 2.71. The molecule has 28 heavy (non-hydrogen) atoms. The highest BCUT2D eigenvalue weighted by molar-refractivity contribution is 7.80. The minimum Gasteiger partial charge on any atom is -0.465 e. The molecule has 0 aliphatic carbocycles. The molecule has 2 rings (SSSR count). The number of piperidine rings is 1. The van der Waals surface area contributed by atoms with E-state index in [0.29, 0.717) is 45.2 Å². The van der Waals surface area contributed by atoms with Gasteiger partial charge in [0.1, 0.15) is 5.00 Å². The number of nitrogens with one attached hydrogen (secondary N) is 2. The second kappa shape index (κ2) is 10.2. The van der Waals surface area contributed by atoms with Gasteiger partial charge in [-0.3, -0.25) is 4.79 Å². The molecule has 1 aromatic rings. The summed E-state index contributed by atoms with van der Waals surface area (Å²) in [5, 5.41) is 7.46. The van der Waals surface area contributed by atoms with Crippen molar-refractivity contribution in [3.63, 3.8) is 0 Å². The number of carbonyl (C=O) groups excluding carboxylic acids is 2. The van der Waals surface area contributed by atoms with Crippen LogP contribution in [0.5, 0.6) is 0 Å². The minimum absolute atomic E-state index is 0.0834. The van der Waals surface area contributed by atoms with Gasteiger partial charge >= 0.3 is 5.97 Å². The first-order valence-corrected chi connectivity index (χ1v) is 10.8. The lowest BCUT2D eigenvalue weighted by molar-refractivity contribution is 0.0601. The molecule has 0 aromatic carbocycles. The van der Waals surface area contributed by atoms with Crippen LogP contribution in [-0.2, 0) is 4.74 Å². The number of amides is 1. The van der Waals surface area contributed by atoms with Crippen LogP contribution in [0.1, 0.15) is 52.3 Å². The maximum atomic E-state index is 12.8. The largest absolute Gasteiger partial charge is 0.465 e. The van der Waals surface area contributed by atoms with Crippen molar-refractivity contribution < 1.29 is 14.3 Å². The van der Waals surface area contributed by atoms with E-state index in [9.17, 15) is 9.59 Å². The van der Waals surface area contributed by atoms with Crippen molar-refractivity contribution in [2.75, 3.05) is 45.7 Å². The molecule has 2 heterocycles. The van der Waals surface area contributed by atoms with Crippen LogP contribution in [0.15, 0.2) is 0 Å². The number of nitrogens with zero attached hydrogens (tertiary/aromatic N) is 2. The predicted molar refractivity (Wildman–Crippen MR) is 118 cm³/mol. The molecule has 1 amide bonds.